The van der Waals surface area contributed by atoms with Gasteiger partial charge in [-0.2, -0.15) is 0 Å². The van der Waals surface area contributed by atoms with Crippen LogP contribution in [0.2, 0.25) is 5.02 Å². The fourth-order valence-electron chi connectivity index (χ4n) is 4.91. The molecule has 1 aromatic carbocycles. The molecule has 0 aromatic heterocycles. The van der Waals surface area contributed by atoms with Crippen LogP contribution in [0.1, 0.15) is 31.2 Å². The van der Waals surface area contributed by atoms with Crippen LogP contribution in [0.4, 0.5) is 5.69 Å². The summed E-state index contributed by atoms with van der Waals surface area (Å²) in [4.78, 5) is 4.83. The van der Waals surface area contributed by atoms with Gasteiger partial charge in [-0.3, -0.25) is 0 Å². The van der Waals surface area contributed by atoms with E-state index in [9.17, 15) is 5.11 Å². The molecule has 1 atom stereocenters. The van der Waals surface area contributed by atoms with Gasteiger partial charge in [0.2, 0.25) is 0 Å². The maximum atomic E-state index is 10.7. The second-order valence-corrected chi connectivity index (χ2v) is 8.77. The molecule has 0 amide bonds. The van der Waals surface area contributed by atoms with Crippen LogP contribution in [0.15, 0.2) is 18.2 Å². The van der Waals surface area contributed by atoms with Gasteiger partial charge in [-0.05, 0) is 88.6 Å². The number of rotatable bonds is 3. The van der Waals surface area contributed by atoms with Crippen molar-refractivity contribution < 1.29 is 5.11 Å². The van der Waals surface area contributed by atoms with E-state index in [1.807, 2.05) is 6.07 Å². The van der Waals surface area contributed by atoms with E-state index in [1.165, 1.54) is 11.3 Å². The van der Waals surface area contributed by atoms with Gasteiger partial charge in [-0.25, -0.2) is 0 Å². The van der Waals surface area contributed by atoms with Crippen molar-refractivity contribution in [2.75, 3.05) is 51.6 Å². The van der Waals surface area contributed by atoms with Crippen molar-refractivity contribution in [3.63, 3.8) is 0 Å². The summed E-state index contributed by atoms with van der Waals surface area (Å²) >= 11 is 6.24. The number of β-amino-alcohol motifs (C(OH)–C–C–N with tert-alkyl or cyclic N) is 1. The van der Waals surface area contributed by atoms with E-state index in [2.05, 4.69) is 34.3 Å². The smallest absolute Gasteiger partial charge is 0.0696 e. The second-order valence-electron chi connectivity index (χ2n) is 8.33. The zero-order valence-corrected chi connectivity index (χ0v) is 15.9. The summed E-state index contributed by atoms with van der Waals surface area (Å²) in [6, 6.07) is 6.24. The van der Waals surface area contributed by atoms with E-state index >= 15 is 0 Å². The van der Waals surface area contributed by atoms with Gasteiger partial charge < -0.3 is 20.2 Å². The van der Waals surface area contributed by atoms with Crippen LogP contribution in [0.3, 0.4) is 0 Å². The summed E-state index contributed by atoms with van der Waals surface area (Å²) < 4.78 is 0. The third-order valence-corrected chi connectivity index (χ3v) is 6.97. The minimum Gasteiger partial charge on any atom is -0.392 e. The molecule has 2 fully saturated rings. The van der Waals surface area contributed by atoms with E-state index in [0.717, 1.165) is 70.0 Å². The number of nitrogens with zero attached hydrogens (tertiary/aromatic N) is 2. The molecule has 2 saturated heterocycles. The number of likely N-dealkylation sites (tertiary alicyclic amines) is 2. The Kier molecular flexibility index (Phi) is 4.98. The van der Waals surface area contributed by atoms with E-state index in [-0.39, 0.29) is 11.5 Å². The first-order valence-electron chi connectivity index (χ1n) is 9.69. The molecule has 0 bridgehead atoms. The Morgan fingerprint density at radius 1 is 1.24 bits per heavy atom. The lowest BCUT2D eigenvalue weighted by atomic mass is 9.74. The summed E-state index contributed by atoms with van der Waals surface area (Å²) in [6.07, 6.45) is 4.38. The number of anilines is 1. The SMILES string of the molecule is CN1CCC(C(O)CN2CCC3(CC2)CNc2ccc(Cl)cc23)CC1. The lowest BCUT2D eigenvalue weighted by Crippen LogP contribution is -2.48. The molecular weight excluding hydrogens is 334 g/mol. The van der Waals surface area contributed by atoms with Crippen molar-refractivity contribution in [2.24, 2.45) is 5.92 Å². The summed E-state index contributed by atoms with van der Waals surface area (Å²) in [5.41, 5.74) is 2.88. The largest absolute Gasteiger partial charge is 0.392 e. The van der Waals surface area contributed by atoms with Crippen LogP contribution in [-0.4, -0.2) is 67.3 Å². The Balaban J connectivity index is 1.34. The molecule has 1 spiro atoms. The van der Waals surface area contributed by atoms with Crippen molar-refractivity contribution in [1.29, 1.82) is 0 Å². The fourth-order valence-corrected chi connectivity index (χ4v) is 5.08. The van der Waals surface area contributed by atoms with Gasteiger partial charge in [0.25, 0.3) is 0 Å². The fraction of sp³-hybridized carbons (Fsp3) is 0.700. The Labute approximate surface area is 156 Å². The van der Waals surface area contributed by atoms with Crippen molar-refractivity contribution >= 4 is 17.3 Å². The molecule has 138 valence electrons. The quantitative estimate of drug-likeness (QED) is 0.866. The molecule has 4 rings (SSSR count). The number of hydrogen-bond donors (Lipinski definition) is 2. The number of nitrogens with one attached hydrogen (secondary N) is 1. The lowest BCUT2D eigenvalue weighted by Gasteiger charge is -2.41. The van der Waals surface area contributed by atoms with Crippen LogP contribution >= 0.6 is 11.6 Å². The number of fused-ring (bicyclic) bond motifs is 2. The van der Waals surface area contributed by atoms with Crippen LogP contribution in [0.25, 0.3) is 0 Å². The molecule has 3 aliphatic rings. The van der Waals surface area contributed by atoms with Gasteiger partial charge in [0.05, 0.1) is 6.10 Å². The lowest BCUT2D eigenvalue weighted by molar-refractivity contribution is 0.0247. The first-order chi connectivity index (χ1) is 12.1. The Bertz CT molecular complexity index is 607. The molecule has 0 radical (unpaired) electrons. The van der Waals surface area contributed by atoms with Crippen LogP contribution in [-0.2, 0) is 5.41 Å². The van der Waals surface area contributed by atoms with E-state index in [4.69, 9.17) is 11.6 Å². The first-order valence-corrected chi connectivity index (χ1v) is 10.1. The highest BCUT2D eigenvalue weighted by atomic mass is 35.5. The molecule has 3 aliphatic heterocycles. The van der Waals surface area contributed by atoms with E-state index in [1.54, 1.807) is 0 Å². The average molecular weight is 364 g/mol. The van der Waals surface area contributed by atoms with Gasteiger partial charge in [0.1, 0.15) is 0 Å². The standard InChI is InChI=1S/C20H30ClN3O/c1-23-8-4-15(5-9-23)19(25)13-24-10-6-20(7-11-24)14-22-18-3-2-16(21)12-17(18)20/h2-3,12,15,19,22,25H,4-11,13-14H2,1H3. The zero-order chi connectivity index (χ0) is 17.4. The zero-order valence-electron chi connectivity index (χ0n) is 15.2. The molecule has 0 aliphatic carbocycles. The number of benzene rings is 1. The van der Waals surface area contributed by atoms with Gasteiger partial charge in [-0.15, -0.1) is 0 Å². The molecule has 25 heavy (non-hydrogen) atoms. The minimum absolute atomic E-state index is 0.175. The summed E-state index contributed by atoms with van der Waals surface area (Å²) in [5, 5.41) is 15.1. The number of aliphatic hydroxyl groups is 1. The van der Waals surface area contributed by atoms with E-state index in [0.29, 0.717) is 5.92 Å². The van der Waals surface area contributed by atoms with Gasteiger partial charge in [-0.1, -0.05) is 11.6 Å². The highest BCUT2D eigenvalue weighted by Gasteiger charge is 2.41. The number of aliphatic hydroxyl groups excluding tert-OH is 1. The third kappa shape index (κ3) is 3.55. The van der Waals surface area contributed by atoms with Crippen molar-refractivity contribution in [3.8, 4) is 0 Å². The average Bonchev–Trinajstić information content (AvgIpc) is 2.95. The maximum Gasteiger partial charge on any atom is 0.0696 e. The number of piperidine rings is 2. The number of halogens is 1. The predicted molar refractivity (Wildman–Crippen MR) is 104 cm³/mol. The predicted octanol–water partition coefficient (Wildman–Crippen LogP) is 2.80. The number of hydrogen-bond acceptors (Lipinski definition) is 4. The van der Waals surface area contributed by atoms with Crippen molar-refractivity contribution in [1.82, 2.24) is 9.80 Å². The van der Waals surface area contributed by atoms with Gasteiger partial charge in [0.15, 0.2) is 0 Å². The highest BCUT2D eigenvalue weighted by molar-refractivity contribution is 6.30. The Morgan fingerprint density at radius 2 is 1.96 bits per heavy atom. The van der Waals surface area contributed by atoms with Crippen LogP contribution < -0.4 is 5.32 Å². The first kappa shape index (κ1) is 17.6. The topological polar surface area (TPSA) is 38.7 Å². The van der Waals surface area contributed by atoms with Crippen molar-refractivity contribution in [2.45, 2.75) is 37.2 Å². The molecule has 4 nitrogen and oxygen atoms in total. The summed E-state index contributed by atoms with van der Waals surface area (Å²) in [7, 11) is 2.17. The van der Waals surface area contributed by atoms with Crippen molar-refractivity contribution in [3.05, 3.63) is 28.8 Å². The van der Waals surface area contributed by atoms with Crippen LogP contribution in [0, 0.1) is 5.92 Å². The maximum absolute atomic E-state index is 10.7. The highest BCUT2D eigenvalue weighted by Crippen LogP contribution is 2.45. The molecule has 0 saturated carbocycles. The molecule has 5 heteroatoms. The summed E-state index contributed by atoms with van der Waals surface area (Å²) in [6.45, 7) is 6.23. The van der Waals surface area contributed by atoms with E-state index < -0.39 is 0 Å². The second kappa shape index (κ2) is 7.07. The third-order valence-electron chi connectivity index (χ3n) is 6.74. The normalized spacial score (nSPS) is 25.7. The minimum atomic E-state index is -0.175. The Morgan fingerprint density at radius 3 is 2.68 bits per heavy atom. The molecular formula is C20H30ClN3O. The summed E-state index contributed by atoms with van der Waals surface area (Å²) in [5.74, 6) is 0.472. The van der Waals surface area contributed by atoms with Gasteiger partial charge in [0, 0.05) is 29.2 Å². The molecule has 1 unspecified atom stereocenters. The monoisotopic (exact) mass is 363 g/mol. The molecule has 2 N–H and O–H groups in total. The van der Waals surface area contributed by atoms with Crippen LogP contribution in [0.5, 0.6) is 0 Å². The molecule has 3 heterocycles. The molecule has 1 aromatic rings. The van der Waals surface area contributed by atoms with Gasteiger partial charge >= 0.3 is 0 Å². The Hall–Kier alpha value is -0.810.